The van der Waals surface area contributed by atoms with Crippen molar-refractivity contribution in [2.24, 2.45) is 0 Å². The second-order valence-electron chi connectivity index (χ2n) is 5.07. The van der Waals surface area contributed by atoms with Gasteiger partial charge in [0.05, 0.1) is 17.9 Å². The van der Waals surface area contributed by atoms with Gasteiger partial charge < -0.3 is 10.1 Å². The maximum atomic E-state index is 12.6. The van der Waals surface area contributed by atoms with Crippen molar-refractivity contribution in [2.45, 2.75) is 24.3 Å². The molecule has 0 spiro atoms. The molecule has 0 saturated carbocycles. The van der Waals surface area contributed by atoms with E-state index in [9.17, 15) is 8.42 Å². The molecular weight excluding hydrogens is 266 g/mol. The largest absolute Gasteiger partial charge is 0.387 e. The first-order valence-electron chi connectivity index (χ1n) is 6.13. The van der Waals surface area contributed by atoms with Crippen LogP contribution in [-0.2, 0) is 14.8 Å². The lowest BCUT2D eigenvalue weighted by molar-refractivity contribution is -0.0640. The molecule has 106 valence electrons. The molecule has 1 aliphatic rings. The van der Waals surface area contributed by atoms with E-state index in [0.717, 1.165) is 0 Å². The Hall–Kier alpha value is -1.18. The zero-order valence-corrected chi connectivity index (χ0v) is 12.2. The van der Waals surface area contributed by atoms with Crippen LogP contribution in [0.2, 0.25) is 0 Å². The Morgan fingerprint density at radius 1 is 1.47 bits per heavy atom. The normalized spacial score (nSPS) is 20.2. The molecule has 1 fully saturated rings. The number of sulfonamides is 1. The molecule has 1 aromatic rings. The molecule has 0 aliphatic carbocycles. The summed E-state index contributed by atoms with van der Waals surface area (Å²) in [6, 6.07) is 1.65. The van der Waals surface area contributed by atoms with E-state index in [1.54, 1.807) is 19.3 Å². The molecule has 0 unspecified atom stereocenters. The molecule has 0 amide bonds. The minimum atomic E-state index is -3.55. The quantitative estimate of drug-likeness (QED) is 0.894. The number of morpholine rings is 1. The summed E-state index contributed by atoms with van der Waals surface area (Å²) in [5.41, 5.74) is 0.0900. The molecule has 0 radical (unpaired) electrons. The zero-order chi connectivity index (χ0) is 14.1. The molecule has 19 heavy (non-hydrogen) atoms. The van der Waals surface area contributed by atoms with Crippen LogP contribution in [0.3, 0.4) is 0 Å². The van der Waals surface area contributed by atoms with Gasteiger partial charge in [0.25, 0.3) is 0 Å². The van der Waals surface area contributed by atoms with Crippen molar-refractivity contribution in [2.75, 3.05) is 32.1 Å². The molecule has 0 aromatic carbocycles. The number of anilines is 1. The van der Waals surface area contributed by atoms with E-state index in [1.807, 2.05) is 13.8 Å². The van der Waals surface area contributed by atoms with Crippen molar-refractivity contribution < 1.29 is 13.2 Å². The minimum absolute atomic E-state index is 0.204. The van der Waals surface area contributed by atoms with E-state index in [2.05, 4.69) is 10.3 Å². The van der Waals surface area contributed by atoms with Gasteiger partial charge in [-0.05, 0) is 19.9 Å². The Bertz CT molecular complexity index is 557. The Morgan fingerprint density at radius 2 is 2.21 bits per heavy atom. The summed E-state index contributed by atoms with van der Waals surface area (Å²) in [6.07, 6.45) is 2.94. The molecule has 1 N–H and O–H groups in total. The third-order valence-corrected chi connectivity index (χ3v) is 4.93. The van der Waals surface area contributed by atoms with Gasteiger partial charge in [0.2, 0.25) is 10.0 Å². The van der Waals surface area contributed by atoms with Gasteiger partial charge in [-0.15, -0.1) is 0 Å². The number of nitrogens with zero attached hydrogens (tertiary/aromatic N) is 2. The van der Waals surface area contributed by atoms with E-state index in [4.69, 9.17) is 4.74 Å². The Kier molecular flexibility index (Phi) is 3.80. The number of pyridine rings is 1. The molecule has 2 heterocycles. The van der Waals surface area contributed by atoms with Crippen LogP contribution in [0.4, 0.5) is 5.69 Å². The standard InChI is InChI=1S/C12H19N3O3S/c1-12(2)9-15(6-7-18-12)19(16,17)11-8-14-5-4-10(11)13-3/h4-5,8H,6-7,9H2,1-3H3,(H,13,14). The lowest BCUT2D eigenvalue weighted by Gasteiger charge is -2.37. The van der Waals surface area contributed by atoms with E-state index in [0.29, 0.717) is 25.4 Å². The van der Waals surface area contributed by atoms with E-state index < -0.39 is 15.6 Å². The number of hydrogen-bond acceptors (Lipinski definition) is 5. The fourth-order valence-electron chi connectivity index (χ4n) is 2.11. The van der Waals surface area contributed by atoms with Crippen LogP contribution >= 0.6 is 0 Å². The maximum absolute atomic E-state index is 12.6. The van der Waals surface area contributed by atoms with Gasteiger partial charge in [0, 0.05) is 32.5 Å². The molecule has 2 rings (SSSR count). The SMILES string of the molecule is CNc1ccncc1S(=O)(=O)N1CCOC(C)(C)C1. The number of hydrogen-bond donors (Lipinski definition) is 1. The molecule has 1 saturated heterocycles. The lowest BCUT2D eigenvalue weighted by Crippen LogP contribution is -2.50. The molecule has 6 nitrogen and oxygen atoms in total. The van der Waals surface area contributed by atoms with Gasteiger partial charge in [-0.2, -0.15) is 4.31 Å². The van der Waals surface area contributed by atoms with Gasteiger partial charge >= 0.3 is 0 Å². The number of aromatic nitrogens is 1. The average Bonchev–Trinajstić information content (AvgIpc) is 2.37. The van der Waals surface area contributed by atoms with Crippen LogP contribution in [0.15, 0.2) is 23.4 Å². The molecule has 7 heteroatoms. The highest BCUT2D eigenvalue weighted by atomic mass is 32.2. The van der Waals surface area contributed by atoms with E-state index >= 15 is 0 Å². The van der Waals surface area contributed by atoms with Crippen LogP contribution in [0, 0.1) is 0 Å². The first-order valence-corrected chi connectivity index (χ1v) is 7.57. The van der Waals surface area contributed by atoms with Gasteiger partial charge in [0.1, 0.15) is 4.90 Å². The summed E-state index contributed by atoms with van der Waals surface area (Å²) in [6.45, 7) is 4.88. The minimum Gasteiger partial charge on any atom is -0.387 e. The molecule has 0 bridgehead atoms. The smallest absolute Gasteiger partial charge is 0.246 e. The fraction of sp³-hybridized carbons (Fsp3) is 0.583. The second-order valence-corrected chi connectivity index (χ2v) is 6.97. The van der Waals surface area contributed by atoms with Crippen LogP contribution < -0.4 is 5.32 Å². The maximum Gasteiger partial charge on any atom is 0.246 e. The monoisotopic (exact) mass is 285 g/mol. The topological polar surface area (TPSA) is 71.5 Å². The highest BCUT2D eigenvalue weighted by molar-refractivity contribution is 7.89. The number of rotatable bonds is 3. The van der Waals surface area contributed by atoms with E-state index in [-0.39, 0.29) is 4.90 Å². The molecule has 1 aromatic heterocycles. The highest BCUT2D eigenvalue weighted by Gasteiger charge is 2.35. The van der Waals surface area contributed by atoms with Crippen molar-refractivity contribution in [1.82, 2.24) is 9.29 Å². The Morgan fingerprint density at radius 3 is 2.84 bits per heavy atom. The van der Waals surface area contributed by atoms with Crippen LogP contribution in [-0.4, -0.2) is 50.1 Å². The second kappa shape index (κ2) is 5.07. The molecular formula is C12H19N3O3S. The van der Waals surface area contributed by atoms with Crippen LogP contribution in [0.25, 0.3) is 0 Å². The summed E-state index contributed by atoms with van der Waals surface area (Å²) in [4.78, 5) is 4.12. The molecule has 1 aliphatic heterocycles. The van der Waals surface area contributed by atoms with E-state index in [1.165, 1.54) is 10.5 Å². The first-order chi connectivity index (χ1) is 8.87. The van der Waals surface area contributed by atoms with Crippen molar-refractivity contribution in [3.8, 4) is 0 Å². The Balaban J connectivity index is 2.37. The number of ether oxygens (including phenoxy) is 1. The summed E-state index contributed by atoms with van der Waals surface area (Å²) in [5, 5.41) is 2.88. The summed E-state index contributed by atoms with van der Waals surface area (Å²) in [5.74, 6) is 0. The average molecular weight is 285 g/mol. The van der Waals surface area contributed by atoms with Crippen molar-refractivity contribution >= 4 is 15.7 Å². The van der Waals surface area contributed by atoms with Crippen molar-refractivity contribution in [3.63, 3.8) is 0 Å². The van der Waals surface area contributed by atoms with Gasteiger partial charge in [-0.25, -0.2) is 8.42 Å². The summed E-state index contributed by atoms with van der Waals surface area (Å²) < 4.78 is 32.3. The van der Waals surface area contributed by atoms with Gasteiger partial charge in [-0.3, -0.25) is 4.98 Å². The predicted octanol–water partition coefficient (Wildman–Crippen LogP) is 0.923. The number of nitrogens with one attached hydrogen (secondary N) is 1. The highest BCUT2D eigenvalue weighted by Crippen LogP contribution is 2.27. The summed E-state index contributed by atoms with van der Waals surface area (Å²) in [7, 11) is -1.86. The van der Waals surface area contributed by atoms with Crippen LogP contribution in [0.5, 0.6) is 0 Å². The van der Waals surface area contributed by atoms with Gasteiger partial charge in [-0.1, -0.05) is 0 Å². The third-order valence-electron chi connectivity index (χ3n) is 3.06. The van der Waals surface area contributed by atoms with Gasteiger partial charge in [0.15, 0.2) is 0 Å². The predicted molar refractivity (Wildman–Crippen MR) is 72.6 cm³/mol. The van der Waals surface area contributed by atoms with Crippen molar-refractivity contribution in [1.29, 1.82) is 0 Å². The zero-order valence-electron chi connectivity index (χ0n) is 11.4. The summed E-state index contributed by atoms with van der Waals surface area (Å²) >= 11 is 0. The van der Waals surface area contributed by atoms with Crippen LogP contribution in [0.1, 0.15) is 13.8 Å². The fourth-order valence-corrected chi connectivity index (χ4v) is 3.83. The third kappa shape index (κ3) is 2.88. The Labute approximate surface area is 113 Å². The lowest BCUT2D eigenvalue weighted by atomic mass is 10.1. The first kappa shape index (κ1) is 14.2. The molecule has 0 atom stereocenters. The van der Waals surface area contributed by atoms with Crippen molar-refractivity contribution in [3.05, 3.63) is 18.5 Å².